The van der Waals surface area contributed by atoms with Crippen LogP contribution < -0.4 is 21.3 Å². The molecule has 12 atom stereocenters. The number of carbonyl (C=O) groups is 1. The molecule has 12 unspecified atom stereocenters. The second-order valence-corrected chi connectivity index (χ2v) is 35.9. The molecule has 4 saturated heterocycles. The summed E-state index contributed by atoms with van der Waals surface area (Å²) in [6.07, 6.45) is 21.7. The Kier molecular flexibility index (Phi) is 18.1. The number of hydrogen-bond acceptors (Lipinski definition) is 16. The molecule has 12 aliphatic rings. The molecule has 5 N–H and O–H groups in total. The molecule has 0 aromatic carbocycles. The van der Waals surface area contributed by atoms with Crippen molar-refractivity contribution in [1.82, 2.24) is 26.2 Å². The zero-order valence-electron chi connectivity index (χ0n) is 51.8. The maximum atomic E-state index is 11.7. The number of nitriles is 1. The highest BCUT2D eigenvalue weighted by atomic mass is 35.5. The zero-order chi connectivity index (χ0) is 61.1. The molecular formula is C67H90Cl4N6O6S4. The van der Waals surface area contributed by atoms with E-state index in [2.05, 4.69) is 98.3 Å². The van der Waals surface area contributed by atoms with Crippen LogP contribution >= 0.6 is 91.8 Å². The number of nitrogens with one attached hydrogen (secondary N) is 4. The highest BCUT2D eigenvalue weighted by Gasteiger charge is 2.61. The lowest BCUT2D eigenvalue weighted by Gasteiger charge is -2.49. The van der Waals surface area contributed by atoms with Crippen LogP contribution in [0.5, 0.6) is 0 Å². The Morgan fingerprint density at radius 1 is 0.529 bits per heavy atom. The van der Waals surface area contributed by atoms with E-state index in [9.17, 15) is 15.2 Å². The van der Waals surface area contributed by atoms with Crippen molar-refractivity contribution < 1.29 is 28.8 Å². The van der Waals surface area contributed by atoms with Crippen molar-refractivity contribution in [1.29, 1.82) is 5.26 Å². The van der Waals surface area contributed by atoms with Crippen LogP contribution in [0.2, 0.25) is 17.3 Å². The Labute approximate surface area is 552 Å². The molecule has 4 spiro atoms. The molecule has 4 saturated carbocycles. The van der Waals surface area contributed by atoms with E-state index in [0.717, 1.165) is 159 Å². The summed E-state index contributed by atoms with van der Waals surface area (Å²) in [4.78, 5) is 19.5. The minimum atomic E-state index is -0.229. The standard InChI is InChI=1S/C18H24ClNO2S.C17H25ClN2OS.C16H19ClN2OS.C16H22ClNO2S/c1-11-8-18(16-13(3-6-22-18)7-15(19)23-16)10-14(20-11)17(4-5-17)9-12(2)21;1-11-9-17(10-13(19-11)16(5-6-16)20(2)3)15-12(4-7-21-17)8-14(18)22-15;1-10-7-16(8-12(19-10)15(9-18)3-4-15)14-11(2-5-20-16)6-13(17)21-14;1-10-7-16(8-12(18-10)15(9-19)3-4-15)14-11(2-5-20-16)6-13(17)21-14/h7,11,14,20H,3-6,8-10H2,1-2H3;8,11,13,19H,4-7,9-10H2,1-3H3;6,10,12,19H,2-5,7-8H2,1H3;6,10,12,18-19H,2-5,7-9H2,1H3. The van der Waals surface area contributed by atoms with Crippen molar-refractivity contribution in [2.75, 3.05) is 47.1 Å². The summed E-state index contributed by atoms with van der Waals surface area (Å²) in [5, 5.41) is 34.3. The number of ether oxygens (including phenoxy) is 4. The first-order valence-electron chi connectivity index (χ1n) is 32.5. The maximum absolute atomic E-state index is 11.7. The molecule has 0 bridgehead atoms. The lowest BCUT2D eigenvalue weighted by molar-refractivity contribution is -0.121. The van der Waals surface area contributed by atoms with E-state index in [1.165, 1.54) is 54.6 Å². The van der Waals surface area contributed by atoms with E-state index in [-0.39, 0.29) is 51.3 Å². The molecule has 4 aromatic rings. The van der Waals surface area contributed by atoms with Crippen LogP contribution in [0, 0.1) is 27.6 Å². The highest BCUT2D eigenvalue weighted by Crippen LogP contribution is 2.61. The van der Waals surface area contributed by atoms with Gasteiger partial charge in [0.05, 0.1) is 61.9 Å². The predicted molar refractivity (Wildman–Crippen MR) is 354 cm³/mol. The number of Topliss-reactive ketones (excluding diaryl/α,β-unsaturated/α-hetero) is 1. The van der Waals surface area contributed by atoms with Gasteiger partial charge in [-0.2, -0.15) is 5.26 Å². The molecule has 4 aliphatic carbocycles. The number of likely N-dealkylation sites (N-methyl/N-ethyl adjacent to an activating group) is 1. The molecule has 8 aliphatic heterocycles. The first kappa shape index (κ1) is 64.4. The molecule has 20 heteroatoms. The lowest BCUT2D eigenvalue weighted by atomic mass is 9.74. The number of aliphatic hydroxyl groups is 1. The van der Waals surface area contributed by atoms with Crippen LogP contribution in [0.15, 0.2) is 24.3 Å². The third kappa shape index (κ3) is 12.5. The van der Waals surface area contributed by atoms with Gasteiger partial charge in [0.1, 0.15) is 28.2 Å². The topological polar surface area (TPSA) is 149 Å². The summed E-state index contributed by atoms with van der Waals surface area (Å²) in [5.74, 6) is 0.306. The summed E-state index contributed by atoms with van der Waals surface area (Å²) >= 11 is 31.9. The van der Waals surface area contributed by atoms with Gasteiger partial charge >= 0.3 is 0 Å². The van der Waals surface area contributed by atoms with Crippen LogP contribution in [-0.4, -0.2) is 117 Å². The molecule has 12 heterocycles. The number of thiophene rings is 4. The van der Waals surface area contributed by atoms with Gasteiger partial charge in [-0.25, -0.2) is 0 Å². The van der Waals surface area contributed by atoms with Crippen LogP contribution in [0.25, 0.3) is 0 Å². The molecular weight excluding hydrogens is 1250 g/mol. The normalized spacial score (nSPS) is 36.5. The number of rotatable bonds is 8. The van der Waals surface area contributed by atoms with Gasteiger partial charge in [0.15, 0.2) is 0 Å². The Morgan fingerprint density at radius 2 is 0.851 bits per heavy atom. The number of fused-ring (bicyclic) bond motifs is 8. The smallest absolute Gasteiger partial charge is 0.130 e. The zero-order valence-corrected chi connectivity index (χ0v) is 58.1. The van der Waals surface area contributed by atoms with Gasteiger partial charge in [-0.05, 0) is 229 Å². The summed E-state index contributed by atoms with van der Waals surface area (Å²) in [5.41, 5.74) is 5.19. The van der Waals surface area contributed by atoms with Crippen LogP contribution in [0.1, 0.15) is 186 Å². The molecule has 0 amide bonds. The van der Waals surface area contributed by atoms with Crippen molar-refractivity contribution >= 4 is 97.5 Å². The van der Waals surface area contributed by atoms with Gasteiger partial charge in [0.25, 0.3) is 0 Å². The van der Waals surface area contributed by atoms with Crippen molar-refractivity contribution in [3.63, 3.8) is 0 Å². The number of nitrogens with zero attached hydrogens (tertiary/aromatic N) is 2. The van der Waals surface area contributed by atoms with E-state index >= 15 is 0 Å². The number of ketones is 1. The SMILES string of the molecule is CC(=O)CC1(C2CC3(CC(C)N2)OCCc2cc(Cl)sc23)CC1.CC1CC2(CC(C3(C#N)CC3)N1)OCCc1cc(Cl)sc12.CC1CC2(CC(C3(CO)CC3)N1)OCCc1cc(Cl)sc12.CC1CC2(CC(C3(N(C)C)CC3)N1)OCCc1cc(Cl)sc12. The fraction of sp³-hybridized carbons (Fsp3) is 0.731. The molecule has 12 nitrogen and oxygen atoms in total. The Hall–Kier alpha value is -1.28. The van der Waals surface area contributed by atoms with E-state index in [4.69, 9.17) is 65.4 Å². The highest BCUT2D eigenvalue weighted by molar-refractivity contribution is 7.17. The van der Waals surface area contributed by atoms with Gasteiger partial charge in [-0.3, -0.25) is 0 Å². The van der Waals surface area contributed by atoms with Gasteiger partial charge < -0.3 is 55.0 Å². The molecule has 0 radical (unpaired) electrons. The van der Waals surface area contributed by atoms with Gasteiger partial charge in [-0.15, -0.1) is 45.3 Å². The van der Waals surface area contributed by atoms with Gasteiger partial charge in [0, 0.05) is 85.2 Å². The molecule has 8 fully saturated rings. The van der Waals surface area contributed by atoms with E-state index in [1.54, 1.807) is 52.3 Å². The second-order valence-electron chi connectivity index (χ2n) is 29.1. The third-order valence-electron chi connectivity index (χ3n) is 22.6. The maximum Gasteiger partial charge on any atom is 0.130 e. The van der Waals surface area contributed by atoms with Gasteiger partial charge in [-0.1, -0.05) is 46.4 Å². The van der Waals surface area contributed by atoms with Crippen LogP contribution in [0.3, 0.4) is 0 Å². The summed E-state index contributed by atoms with van der Waals surface area (Å²) < 4.78 is 29.0. The predicted octanol–water partition coefficient (Wildman–Crippen LogP) is 14.2. The average Bonchev–Trinajstić information content (AvgIpc) is 1.83. The van der Waals surface area contributed by atoms with Crippen molar-refractivity contribution in [2.24, 2.45) is 16.2 Å². The Morgan fingerprint density at radius 3 is 1.15 bits per heavy atom. The van der Waals surface area contributed by atoms with Crippen LogP contribution in [0.4, 0.5) is 0 Å². The summed E-state index contributed by atoms with van der Waals surface area (Å²) in [6.45, 7) is 14.1. The fourth-order valence-corrected chi connectivity index (χ4v) is 23.6. The fourth-order valence-electron chi connectivity index (χ4n) is 17.7. The molecule has 476 valence electrons. The number of hydrogen-bond donors (Lipinski definition) is 5. The summed E-state index contributed by atoms with van der Waals surface area (Å²) in [7, 11) is 4.44. The Bertz CT molecular complexity index is 3240. The molecule has 87 heavy (non-hydrogen) atoms. The minimum absolute atomic E-state index is 0.0870. The number of carbonyl (C=O) groups excluding carboxylic acids is 1. The third-order valence-corrected chi connectivity index (χ3v) is 28.5. The van der Waals surface area contributed by atoms with Crippen molar-refractivity contribution in [2.45, 2.75) is 246 Å². The lowest BCUT2D eigenvalue weighted by Crippen LogP contribution is -2.60. The summed E-state index contributed by atoms with van der Waals surface area (Å²) in [6, 6.07) is 14.1. The van der Waals surface area contributed by atoms with Crippen LogP contribution in [-0.2, 0) is 71.8 Å². The quantitative estimate of drug-likeness (QED) is 0.114. The minimum Gasteiger partial charge on any atom is -0.396 e. The first-order chi connectivity index (χ1) is 41.5. The van der Waals surface area contributed by atoms with Gasteiger partial charge in [0.2, 0.25) is 0 Å². The van der Waals surface area contributed by atoms with Crippen molar-refractivity contribution in [3.05, 3.63) is 83.4 Å². The van der Waals surface area contributed by atoms with E-state index < -0.39 is 0 Å². The molecule has 16 rings (SSSR count). The monoisotopic (exact) mass is 1340 g/mol. The molecule has 4 aromatic heterocycles. The largest absolute Gasteiger partial charge is 0.396 e. The first-order valence-corrected chi connectivity index (χ1v) is 37.2. The second kappa shape index (κ2) is 24.5. The number of piperidine rings is 4. The number of aliphatic hydroxyl groups excluding tert-OH is 1. The van der Waals surface area contributed by atoms with Crippen molar-refractivity contribution in [3.8, 4) is 6.07 Å². The van der Waals surface area contributed by atoms with E-state index in [1.807, 2.05) is 0 Å². The number of halogens is 4. The van der Waals surface area contributed by atoms with E-state index in [0.29, 0.717) is 60.0 Å². The average molecular weight is 1350 g/mol. The Balaban J connectivity index is 0.000000107.